The minimum Gasteiger partial charge on any atom is -0.491 e. The third-order valence-electron chi connectivity index (χ3n) is 6.23. The number of aromatic nitrogens is 2. The molecule has 2 aromatic carbocycles. The Kier molecular flexibility index (Phi) is 5.39. The highest BCUT2D eigenvalue weighted by Gasteiger charge is 2.20. The van der Waals surface area contributed by atoms with Gasteiger partial charge in [-0.05, 0) is 66.9 Å². The van der Waals surface area contributed by atoms with Crippen LogP contribution in [0.2, 0.25) is 0 Å². The van der Waals surface area contributed by atoms with E-state index in [0.29, 0.717) is 17.4 Å². The highest BCUT2D eigenvalue weighted by molar-refractivity contribution is 7.91. The van der Waals surface area contributed by atoms with E-state index in [1.54, 1.807) is 25.1 Å². The van der Waals surface area contributed by atoms with Crippen molar-refractivity contribution in [2.24, 2.45) is 5.92 Å². The van der Waals surface area contributed by atoms with Crippen molar-refractivity contribution in [3.63, 3.8) is 0 Å². The molecule has 0 saturated carbocycles. The summed E-state index contributed by atoms with van der Waals surface area (Å²) >= 11 is 0. The summed E-state index contributed by atoms with van der Waals surface area (Å²) in [5.41, 5.74) is 4.57. The normalized spacial score (nSPS) is 16.8. The van der Waals surface area contributed by atoms with Gasteiger partial charge >= 0.3 is 0 Å². The number of aromatic amines is 1. The lowest BCUT2D eigenvalue weighted by molar-refractivity contribution is 0.262. The minimum absolute atomic E-state index is 0.0743. The third-order valence-corrected chi connectivity index (χ3v) is 7.96. The summed E-state index contributed by atoms with van der Waals surface area (Å²) in [5.74, 6) is 1.37. The Morgan fingerprint density at radius 2 is 2.06 bits per heavy atom. The molecule has 0 spiro atoms. The second kappa shape index (κ2) is 8.22. The predicted octanol–water partition coefficient (Wildman–Crippen LogP) is 4.47. The van der Waals surface area contributed by atoms with E-state index in [2.05, 4.69) is 21.4 Å². The Balaban J connectivity index is 1.68. The smallest absolute Gasteiger partial charge is 0.178 e. The van der Waals surface area contributed by atoms with Crippen LogP contribution >= 0.6 is 0 Å². The largest absolute Gasteiger partial charge is 0.491 e. The molecule has 1 atom stereocenters. The number of benzene rings is 2. The fraction of sp³-hybridized carbons (Fsp3) is 0.320. The number of ether oxygens (including phenoxy) is 1. The monoisotopic (exact) mass is 449 g/mol. The van der Waals surface area contributed by atoms with Crippen molar-refractivity contribution < 1.29 is 13.2 Å². The van der Waals surface area contributed by atoms with Crippen molar-refractivity contribution in [2.75, 3.05) is 25.4 Å². The van der Waals surface area contributed by atoms with Gasteiger partial charge < -0.3 is 15.0 Å². The predicted molar refractivity (Wildman–Crippen MR) is 128 cm³/mol. The molecule has 32 heavy (non-hydrogen) atoms. The average Bonchev–Trinajstić information content (AvgIpc) is 3.45. The number of nitrogens with zero attached hydrogens (tertiary/aromatic N) is 1. The highest BCUT2D eigenvalue weighted by Crippen LogP contribution is 2.39. The molecule has 1 fully saturated rings. The first-order valence-corrected chi connectivity index (χ1v) is 12.7. The first-order chi connectivity index (χ1) is 15.5. The maximum absolute atomic E-state index is 12.5. The minimum atomic E-state index is -3.29. The van der Waals surface area contributed by atoms with Gasteiger partial charge in [-0.3, -0.25) is 0 Å². The molecule has 1 saturated heterocycles. The van der Waals surface area contributed by atoms with Gasteiger partial charge in [0.2, 0.25) is 0 Å². The zero-order valence-electron chi connectivity index (χ0n) is 18.3. The first kappa shape index (κ1) is 21.0. The quantitative estimate of drug-likeness (QED) is 0.454. The van der Waals surface area contributed by atoms with Crippen molar-refractivity contribution in [1.82, 2.24) is 15.3 Å². The van der Waals surface area contributed by atoms with E-state index in [1.165, 1.54) is 0 Å². The summed E-state index contributed by atoms with van der Waals surface area (Å²) in [7, 11) is -3.29. The number of hydrogen-bond acceptors (Lipinski definition) is 5. The Labute approximate surface area is 187 Å². The zero-order valence-corrected chi connectivity index (χ0v) is 19.1. The van der Waals surface area contributed by atoms with Gasteiger partial charge in [-0.25, -0.2) is 13.4 Å². The maximum Gasteiger partial charge on any atom is 0.178 e. The van der Waals surface area contributed by atoms with Gasteiger partial charge in [-0.15, -0.1) is 0 Å². The SMILES string of the molecule is CCS(=O)(=O)c1cccc(-c2ccc(OC[C@H]3CCNC3)c3[nH]c4ncc(C)cc4c23)c1. The molecule has 5 rings (SSSR count). The first-order valence-electron chi connectivity index (χ1n) is 11.0. The van der Waals surface area contributed by atoms with Crippen LogP contribution in [-0.2, 0) is 9.84 Å². The lowest BCUT2D eigenvalue weighted by Crippen LogP contribution is -2.15. The highest BCUT2D eigenvalue weighted by atomic mass is 32.2. The molecule has 0 radical (unpaired) electrons. The number of pyridine rings is 1. The van der Waals surface area contributed by atoms with E-state index >= 15 is 0 Å². The molecular formula is C25H27N3O3S. The summed E-state index contributed by atoms with van der Waals surface area (Å²) in [5, 5.41) is 5.39. The second-order valence-electron chi connectivity index (χ2n) is 8.50. The molecule has 7 heteroatoms. The van der Waals surface area contributed by atoms with Crippen LogP contribution in [0.4, 0.5) is 0 Å². The lowest BCUT2D eigenvalue weighted by Gasteiger charge is -2.14. The van der Waals surface area contributed by atoms with Crippen LogP contribution in [0.15, 0.2) is 53.6 Å². The van der Waals surface area contributed by atoms with E-state index in [0.717, 1.165) is 63.9 Å². The molecular weight excluding hydrogens is 422 g/mol. The summed E-state index contributed by atoms with van der Waals surface area (Å²) < 4.78 is 31.2. The second-order valence-corrected chi connectivity index (χ2v) is 10.8. The van der Waals surface area contributed by atoms with Gasteiger partial charge in [0.15, 0.2) is 9.84 Å². The Hall–Kier alpha value is -2.90. The van der Waals surface area contributed by atoms with Crippen LogP contribution in [-0.4, -0.2) is 43.8 Å². The van der Waals surface area contributed by atoms with Crippen molar-refractivity contribution in [3.05, 3.63) is 54.2 Å². The Bertz CT molecular complexity index is 1400. The lowest BCUT2D eigenvalue weighted by atomic mass is 9.99. The molecule has 166 valence electrons. The van der Waals surface area contributed by atoms with Crippen LogP contribution in [0.1, 0.15) is 18.9 Å². The van der Waals surface area contributed by atoms with E-state index in [-0.39, 0.29) is 5.75 Å². The standard InChI is InChI=1S/C25H27N3O3S/c1-3-32(29,30)19-6-4-5-18(12-19)20-7-8-22(31-15-17-9-10-26-14-17)24-23(20)21-11-16(2)13-27-25(21)28-24/h4-8,11-13,17,26H,3,9-10,14-15H2,1-2H3,(H,27,28)/t17-/m0/s1. The number of aryl methyl sites for hydroxylation is 1. The van der Waals surface area contributed by atoms with Crippen LogP contribution in [0.5, 0.6) is 5.75 Å². The van der Waals surface area contributed by atoms with Gasteiger partial charge in [0.05, 0.1) is 22.8 Å². The summed E-state index contributed by atoms with van der Waals surface area (Å²) in [6.07, 6.45) is 2.96. The summed E-state index contributed by atoms with van der Waals surface area (Å²) in [4.78, 5) is 8.37. The number of hydrogen-bond donors (Lipinski definition) is 2. The average molecular weight is 450 g/mol. The molecule has 4 aromatic rings. The third kappa shape index (κ3) is 3.76. The van der Waals surface area contributed by atoms with Crippen LogP contribution < -0.4 is 10.1 Å². The van der Waals surface area contributed by atoms with Gasteiger partial charge in [0.25, 0.3) is 0 Å². The topological polar surface area (TPSA) is 84.1 Å². The van der Waals surface area contributed by atoms with Gasteiger partial charge in [0, 0.05) is 29.4 Å². The fourth-order valence-corrected chi connectivity index (χ4v) is 5.34. The summed E-state index contributed by atoms with van der Waals surface area (Å²) in [6, 6.07) is 13.3. The molecule has 3 heterocycles. The van der Waals surface area contributed by atoms with Crippen molar-refractivity contribution in [3.8, 4) is 16.9 Å². The number of fused-ring (bicyclic) bond motifs is 3. The van der Waals surface area contributed by atoms with E-state index in [9.17, 15) is 8.42 Å². The van der Waals surface area contributed by atoms with Crippen LogP contribution in [0, 0.1) is 12.8 Å². The molecule has 0 bridgehead atoms. The molecule has 2 N–H and O–H groups in total. The zero-order chi connectivity index (χ0) is 22.3. The number of sulfone groups is 1. The van der Waals surface area contributed by atoms with Crippen LogP contribution in [0.25, 0.3) is 33.1 Å². The molecule has 0 amide bonds. The van der Waals surface area contributed by atoms with Crippen molar-refractivity contribution >= 4 is 31.8 Å². The Morgan fingerprint density at radius 3 is 2.84 bits per heavy atom. The van der Waals surface area contributed by atoms with E-state index in [4.69, 9.17) is 4.74 Å². The van der Waals surface area contributed by atoms with E-state index < -0.39 is 9.84 Å². The van der Waals surface area contributed by atoms with Crippen LogP contribution in [0.3, 0.4) is 0 Å². The number of H-pyrrole nitrogens is 1. The molecule has 6 nitrogen and oxygen atoms in total. The fourth-order valence-electron chi connectivity index (χ4n) is 4.41. The van der Waals surface area contributed by atoms with Gasteiger partial charge in [0.1, 0.15) is 11.4 Å². The molecule has 0 unspecified atom stereocenters. The Morgan fingerprint density at radius 1 is 1.19 bits per heavy atom. The van der Waals surface area contributed by atoms with Crippen molar-refractivity contribution in [1.29, 1.82) is 0 Å². The number of rotatable bonds is 6. The van der Waals surface area contributed by atoms with Crippen molar-refractivity contribution in [2.45, 2.75) is 25.2 Å². The van der Waals surface area contributed by atoms with Gasteiger partial charge in [-0.1, -0.05) is 19.1 Å². The maximum atomic E-state index is 12.5. The number of nitrogens with one attached hydrogen (secondary N) is 2. The molecule has 0 aliphatic carbocycles. The molecule has 2 aromatic heterocycles. The molecule has 1 aliphatic rings. The summed E-state index contributed by atoms with van der Waals surface area (Å²) in [6.45, 7) is 6.36. The van der Waals surface area contributed by atoms with Gasteiger partial charge in [-0.2, -0.15) is 0 Å². The molecule has 1 aliphatic heterocycles. The van der Waals surface area contributed by atoms with E-state index in [1.807, 2.05) is 31.3 Å².